The maximum absolute atomic E-state index is 12.3. The Hall–Kier alpha value is -2.02. The number of amides is 2. The number of aromatic nitrogens is 2. The van der Waals surface area contributed by atoms with Crippen molar-refractivity contribution in [3.05, 3.63) is 16.8 Å². The van der Waals surface area contributed by atoms with Crippen molar-refractivity contribution in [2.45, 2.75) is 50.8 Å². The van der Waals surface area contributed by atoms with Gasteiger partial charge in [0.15, 0.2) is 0 Å². The third-order valence-corrected chi connectivity index (χ3v) is 8.68. The van der Waals surface area contributed by atoms with Crippen LogP contribution in [0.1, 0.15) is 36.1 Å². The average Bonchev–Trinajstić information content (AvgIpc) is 3.12. The molecule has 2 aromatic heterocycles. The van der Waals surface area contributed by atoms with Crippen molar-refractivity contribution in [1.29, 1.82) is 0 Å². The topological polar surface area (TPSA) is 131 Å². The van der Waals surface area contributed by atoms with Crippen LogP contribution in [0.4, 0.5) is 4.79 Å². The van der Waals surface area contributed by atoms with Gasteiger partial charge in [-0.3, -0.25) is 0 Å². The molecule has 1 saturated carbocycles. The summed E-state index contributed by atoms with van der Waals surface area (Å²) < 4.78 is 34.6. The molecule has 0 radical (unpaired) electrons. The largest absolute Gasteiger partial charge is 0.474 e. The van der Waals surface area contributed by atoms with E-state index in [2.05, 4.69) is 14.7 Å². The average molecular weight is 455 g/mol. The van der Waals surface area contributed by atoms with Crippen LogP contribution >= 0.6 is 11.3 Å². The number of hydrogen-bond donors (Lipinski definition) is 2. The molecule has 0 atom stereocenters. The van der Waals surface area contributed by atoms with Gasteiger partial charge in [-0.05, 0) is 37.7 Å². The minimum atomic E-state index is -3.51. The lowest BCUT2D eigenvalue weighted by molar-refractivity contribution is 0.108. The summed E-state index contributed by atoms with van der Waals surface area (Å²) in [5.41, 5.74) is 6.31. The zero-order valence-corrected chi connectivity index (χ0v) is 18.6. The number of rotatable bonds is 5. The molecule has 12 heteroatoms. The van der Waals surface area contributed by atoms with Crippen LogP contribution in [0.3, 0.4) is 0 Å². The first kappa shape index (κ1) is 21.2. The normalized spacial score (nSPS) is 22.6. The molecule has 1 aliphatic heterocycles. The van der Waals surface area contributed by atoms with Gasteiger partial charge in [-0.1, -0.05) is 0 Å². The summed E-state index contributed by atoms with van der Waals surface area (Å²) in [6, 6.07) is -0.287. The predicted octanol–water partition coefficient (Wildman–Crippen LogP) is 1.21. The van der Waals surface area contributed by atoms with Crippen LogP contribution in [-0.4, -0.2) is 66.4 Å². The van der Waals surface area contributed by atoms with E-state index in [1.165, 1.54) is 17.7 Å². The molecule has 2 amide bonds. The highest BCUT2D eigenvalue weighted by Gasteiger charge is 2.31. The van der Waals surface area contributed by atoms with E-state index in [1.54, 1.807) is 23.3 Å². The van der Waals surface area contributed by atoms with E-state index in [9.17, 15) is 13.2 Å². The monoisotopic (exact) mass is 454 g/mol. The Morgan fingerprint density at radius 3 is 2.73 bits per heavy atom. The second-order valence-electron chi connectivity index (χ2n) is 7.65. The van der Waals surface area contributed by atoms with E-state index < -0.39 is 16.2 Å². The van der Waals surface area contributed by atoms with Crippen LogP contribution in [0.2, 0.25) is 0 Å². The van der Waals surface area contributed by atoms with Gasteiger partial charge in [-0.25, -0.2) is 19.5 Å². The van der Waals surface area contributed by atoms with Crippen molar-refractivity contribution in [2.24, 2.45) is 5.73 Å². The van der Waals surface area contributed by atoms with Crippen molar-refractivity contribution in [1.82, 2.24) is 23.9 Å². The molecule has 4 rings (SSSR count). The molecular weight excluding hydrogens is 428 g/mol. The second kappa shape index (κ2) is 8.25. The first-order valence-electron chi connectivity index (χ1n) is 9.93. The maximum Gasteiger partial charge on any atom is 0.314 e. The highest BCUT2D eigenvalue weighted by Crippen LogP contribution is 2.39. The first-order chi connectivity index (χ1) is 14.3. The number of primary amides is 1. The van der Waals surface area contributed by atoms with Gasteiger partial charge in [0.1, 0.15) is 17.3 Å². The molecule has 3 heterocycles. The Kier molecular flexibility index (Phi) is 5.84. The summed E-state index contributed by atoms with van der Waals surface area (Å²) in [4.78, 5) is 23.7. The van der Waals surface area contributed by atoms with E-state index in [0.717, 1.165) is 46.3 Å². The summed E-state index contributed by atoms with van der Waals surface area (Å²) in [6.45, 7) is 0.711. The predicted molar refractivity (Wildman–Crippen MR) is 114 cm³/mol. The van der Waals surface area contributed by atoms with E-state index in [-0.39, 0.29) is 18.7 Å². The summed E-state index contributed by atoms with van der Waals surface area (Å²) in [7, 11) is -0.364. The fraction of sp³-hybridized carbons (Fsp3) is 0.611. The Bertz CT molecular complexity index is 1050. The van der Waals surface area contributed by atoms with Gasteiger partial charge >= 0.3 is 6.03 Å². The number of thiophene rings is 1. The van der Waals surface area contributed by atoms with Gasteiger partial charge in [-0.2, -0.15) is 12.7 Å². The van der Waals surface area contributed by atoms with Crippen molar-refractivity contribution >= 4 is 37.8 Å². The quantitative estimate of drug-likeness (QED) is 0.698. The number of ether oxygens (including phenoxy) is 1. The number of hydrogen-bond acceptors (Lipinski definition) is 7. The lowest BCUT2D eigenvalue weighted by Crippen LogP contribution is -2.43. The Labute approximate surface area is 179 Å². The molecular formula is C18H26N6O4S2. The molecule has 30 heavy (non-hydrogen) atoms. The van der Waals surface area contributed by atoms with E-state index >= 15 is 0 Å². The van der Waals surface area contributed by atoms with Gasteiger partial charge in [0, 0.05) is 38.1 Å². The molecule has 2 aromatic rings. The van der Waals surface area contributed by atoms with E-state index in [1.807, 2.05) is 0 Å². The molecule has 1 aliphatic carbocycles. The second-order valence-corrected chi connectivity index (χ2v) is 10.6. The van der Waals surface area contributed by atoms with Gasteiger partial charge in [0.2, 0.25) is 5.88 Å². The number of fused-ring (bicyclic) bond motifs is 3. The molecule has 3 N–H and O–H groups in total. The first-order valence-corrected chi connectivity index (χ1v) is 12.2. The van der Waals surface area contributed by atoms with Crippen molar-refractivity contribution in [2.75, 3.05) is 20.6 Å². The number of carbonyl (C=O) groups is 1. The number of nitrogens with one attached hydrogen (secondary N) is 1. The Morgan fingerprint density at radius 2 is 2.07 bits per heavy atom. The number of carbonyl (C=O) groups excluding carboxylic acids is 1. The summed E-state index contributed by atoms with van der Waals surface area (Å²) in [5, 5.41) is 0.810. The zero-order chi connectivity index (χ0) is 21.5. The molecule has 164 valence electrons. The Morgan fingerprint density at radius 1 is 1.33 bits per heavy atom. The summed E-state index contributed by atoms with van der Waals surface area (Å²) >= 11 is 1.57. The molecule has 0 bridgehead atoms. The van der Waals surface area contributed by atoms with Gasteiger partial charge in [-0.15, -0.1) is 11.3 Å². The van der Waals surface area contributed by atoms with Crippen LogP contribution in [0.15, 0.2) is 6.33 Å². The molecule has 0 saturated heterocycles. The number of nitrogens with zero attached hydrogens (tertiary/aromatic N) is 4. The van der Waals surface area contributed by atoms with Crippen LogP contribution in [0.5, 0.6) is 5.88 Å². The molecule has 2 aliphatic rings. The summed E-state index contributed by atoms with van der Waals surface area (Å²) in [5.74, 6) is 0.507. The van der Waals surface area contributed by atoms with E-state index in [0.29, 0.717) is 18.8 Å². The lowest BCUT2D eigenvalue weighted by Gasteiger charge is -2.33. The molecule has 1 fully saturated rings. The van der Waals surface area contributed by atoms with Crippen molar-refractivity contribution < 1.29 is 17.9 Å². The fourth-order valence-corrected chi connectivity index (χ4v) is 6.19. The van der Waals surface area contributed by atoms with Crippen molar-refractivity contribution in [3.63, 3.8) is 0 Å². The number of nitrogens with two attached hydrogens (primary N) is 1. The third-order valence-electron chi connectivity index (χ3n) is 5.97. The van der Waals surface area contributed by atoms with Crippen LogP contribution in [0, 0.1) is 0 Å². The van der Waals surface area contributed by atoms with Gasteiger partial charge in [0.05, 0.1) is 5.39 Å². The molecule has 0 aromatic carbocycles. The SMILES string of the molecule is CNS(=O)(=O)N1CCc2sc3ncnc(OC4CCC(N(C)C(N)=O)CC4)c3c2C1. The van der Waals surface area contributed by atoms with E-state index in [4.69, 9.17) is 10.5 Å². The minimum Gasteiger partial charge on any atom is -0.474 e. The van der Waals surface area contributed by atoms with Gasteiger partial charge < -0.3 is 15.4 Å². The van der Waals surface area contributed by atoms with Crippen LogP contribution in [-0.2, 0) is 23.2 Å². The maximum atomic E-state index is 12.3. The molecule has 10 nitrogen and oxygen atoms in total. The van der Waals surface area contributed by atoms with Gasteiger partial charge in [0.25, 0.3) is 10.2 Å². The molecule has 0 unspecified atom stereocenters. The van der Waals surface area contributed by atoms with Crippen LogP contribution < -0.4 is 15.2 Å². The highest BCUT2D eigenvalue weighted by atomic mass is 32.2. The third kappa shape index (κ3) is 3.96. The standard InChI is InChI=1S/C18H26N6O4S2/c1-20-30(26,27)24-8-7-14-13(9-24)15-16(21-10-22-17(15)29-14)28-12-5-3-11(4-6-12)23(2)18(19)25/h10-12,20H,3-9H2,1-2H3,(H2,19,25). The highest BCUT2D eigenvalue weighted by molar-refractivity contribution is 7.87. The zero-order valence-electron chi connectivity index (χ0n) is 17.0. The smallest absolute Gasteiger partial charge is 0.314 e. The van der Waals surface area contributed by atoms with Crippen LogP contribution in [0.25, 0.3) is 10.2 Å². The lowest BCUT2D eigenvalue weighted by atomic mass is 9.92. The van der Waals surface area contributed by atoms with Crippen molar-refractivity contribution in [3.8, 4) is 5.88 Å². The number of urea groups is 1. The Balaban J connectivity index is 1.55. The minimum absolute atomic E-state index is 0.0167. The summed E-state index contributed by atoms with van der Waals surface area (Å²) in [6.07, 6.45) is 5.33. The molecule has 0 spiro atoms. The fourth-order valence-electron chi connectivity index (χ4n) is 4.17.